The van der Waals surface area contributed by atoms with E-state index in [-0.39, 0.29) is 35.3 Å². The lowest BCUT2D eigenvalue weighted by Gasteiger charge is -2.26. The third-order valence-electron chi connectivity index (χ3n) is 7.88. The Morgan fingerprint density at radius 1 is 0.920 bits per heavy atom. The van der Waals surface area contributed by atoms with Gasteiger partial charge in [-0.2, -0.15) is 8.42 Å². The maximum atomic E-state index is 14.1. The third-order valence-corrected chi connectivity index (χ3v) is 9.12. The highest BCUT2D eigenvalue weighted by atomic mass is 32.2. The van der Waals surface area contributed by atoms with Crippen molar-refractivity contribution in [3.8, 4) is 0 Å². The molecular formula is C36H43F2N5O6S. The van der Waals surface area contributed by atoms with Gasteiger partial charge in [0.25, 0.3) is 26.9 Å². The molecule has 0 fully saturated rings. The van der Waals surface area contributed by atoms with E-state index in [0.29, 0.717) is 32.5 Å². The second-order valence-electron chi connectivity index (χ2n) is 12.0. The topological polar surface area (TPSA) is 154 Å². The third kappa shape index (κ3) is 10.7. The highest BCUT2D eigenvalue weighted by Gasteiger charge is 2.26. The maximum absolute atomic E-state index is 14.1. The molecule has 1 aromatic heterocycles. The zero-order valence-electron chi connectivity index (χ0n) is 28.3. The molecule has 0 spiro atoms. The quantitative estimate of drug-likeness (QED) is 0.112. The van der Waals surface area contributed by atoms with Crippen molar-refractivity contribution in [2.24, 2.45) is 0 Å². The van der Waals surface area contributed by atoms with Gasteiger partial charge >= 0.3 is 0 Å². The predicted octanol–water partition coefficient (Wildman–Crippen LogP) is 5.07. The number of aryl methyl sites for hydroxylation is 1. The molecule has 0 radical (unpaired) electrons. The molecule has 1 heterocycles. The molecule has 0 saturated carbocycles. The Morgan fingerprint density at radius 3 is 2.24 bits per heavy atom. The Balaban J connectivity index is 1.64. The molecule has 4 rings (SSSR count). The number of halogens is 2. The molecule has 4 N–H and O–H groups in total. The lowest BCUT2D eigenvalue weighted by molar-refractivity contribution is 0.0755. The van der Waals surface area contributed by atoms with Gasteiger partial charge in [0.1, 0.15) is 11.6 Å². The summed E-state index contributed by atoms with van der Waals surface area (Å²) in [5.74, 6) is -2.79. The van der Waals surface area contributed by atoms with Gasteiger partial charge in [-0.25, -0.2) is 13.8 Å². The monoisotopic (exact) mass is 711 g/mol. The Morgan fingerprint density at radius 2 is 1.60 bits per heavy atom. The number of nitrogens with one attached hydrogen (secondary N) is 3. The molecular weight excluding hydrogens is 668 g/mol. The molecule has 2 amide bonds. The van der Waals surface area contributed by atoms with E-state index in [0.717, 1.165) is 48.3 Å². The molecule has 0 unspecified atom stereocenters. The molecule has 11 nitrogen and oxygen atoms in total. The van der Waals surface area contributed by atoms with E-state index in [9.17, 15) is 31.9 Å². The second-order valence-corrected chi connectivity index (χ2v) is 13.6. The Kier molecular flexibility index (Phi) is 13.6. The first kappa shape index (κ1) is 38.1. The Labute approximate surface area is 291 Å². The largest absolute Gasteiger partial charge is 0.430 e. The lowest BCUT2D eigenvalue weighted by atomic mass is 9.99. The number of carbonyl (C=O) groups excluding carboxylic acids is 2. The van der Waals surface area contributed by atoms with Gasteiger partial charge in [0.15, 0.2) is 6.39 Å². The fourth-order valence-electron chi connectivity index (χ4n) is 5.50. The van der Waals surface area contributed by atoms with Gasteiger partial charge in [-0.1, -0.05) is 45.0 Å². The van der Waals surface area contributed by atoms with Crippen LogP contribution in [-0.4, -0.2) is 67.0 Å². The fourth-order valence-corrected chi connectivity index (χ4v) is 6.40. The summed E-state index contributed by atoms with van der Waals surface area (Å²) in [7, 11) is -4.27. The molecule has 0 aliphatic carbocycles. The van der Waals surface area contributed by atoms with E-state index in [1.807, 2.05) is 45.0 Å². The zero-order chi connectivity index (χ0) is 36.3. The molecule has 268 valence electrons. The van der Waals surface area contributed by atoms with E-state index < -0.39 is 50.7 Å². The molecule has 0 bridgehead atoms. The fraction of sp³-hybridized carbons (Fsp3) is 0.361. The van der Waals surface area contributed by atoms with Crippen molar-refractivity contribution < 1.29 is 36.3 Å². The Hall–Kier alpha value is -4.66. The summed E-state index contributed by atoms with van der Waals surface area (Å²) in [5, 5.41) is 16.7. The molecule has 2 atom stereocenters. The summed E-state index contributed by atoms with van der Waals surface area (Å²) in [6, 6.07) is 13.8. The minimum Gasteiger partial charge on any atom is -0.430 e. The molecule has 0 saturated heterocycles. The summed E-state index contributed by atoms with van der Waals surface area (Å²) < 4.78 is 61.5. The van der Waals surface area contributed by atoms with Gasteiger partial charge in [-0.15, -0.1) is 0 Å². The highest BCUT2D eigenvalue weighted by molar-refractivity contribution is 7.92. The first-order chi connectivity index (χ1) is 23.9. The number of oxazole rings is 1. The molecule has 3 aromatic carbocycles. The van der Waals surface area contributed by atoms with Crippen molar-refractivity contribution in [2.75, 3.05) is 24.4 Å². The summed E-state index contributed by atoms with van der Waals surface area (Å²) in [6.07, 6.45) is 2.81. The van der Waals surface area contributed by atoms with Crippen molar-refractivity contribution >= 4 is 27.5 Å². The smallest absolute Gasteiger partial charge is 0.297 e. The number of nitrogens with zero attached hydrogens (tertiary/aromatic N) is 2. The number of hydrogen-bond donors (Lipinski definition) is 4. The van der Waals surface area contributed by atoms with E-state index in [1.165, 1.54) is 18.2 Å². The van der Waals surface area contributed by atoms with Gasteiger partial charge in [0.05, 0.1) is 24.0 Å². The van der Waals surface area contributed by atoms with Crippen molar-refractivity contribution in [1.29, 1.82) is 0 Å². The average molecular weight is 712 g/mol. The second kappa shape index (κ2) is 17.8. The lowest BCUT2D eigenvalue weighted by Crippen LogP contribution is -2.48. The highest BCUT2D eigenvalue weighted by Crippen LogP contribution is 2.22. The number of amides is 2. The number of aromatic nitrogens is 1. The van der Waals surface area contributed by atoms with Gasteiger partial charge in [0.2, 0.25) is 0 Å². The maximum Gasteiger partial charge on any atom is 0.297 e. The molecule has 4 aromatic rings. The summed E-state index contributed by atoms with van der Waals surface area (Å²) >= 11 is 0. The SMILES string of the molecule is CCCN(CCC)C(=O)c1cc(NS(=O)(=O)c2cnco2)cc(C(=O)N[C@@H](Cc2cc(F)cc(F)c2)[C@H](O)CNCc2cccc(CC)c2)c1. The first-order valence-corrected chi connectivity index (χ1v) is 18.0. The van der Waals surface area contributed by atoms with Crippen LogP contribution in [0.5, 0.6) is 0 Å². The van der Waals surface area contributed by atoms with E-state index in [4.69, 9.17) is 4.42 Å². The number of hydrogen-bond acceptors (Lipinski definition) is 8. The van der Waals surface area contributed by atoms with Crippen LogP contribution >= 0.6 is 0 Å². The van der Waals surface area contributed by atoms with Crippen molar-refractivity contribution in [2.45, 2.75) is 70.2 Å². The van der Waals surface area contributed by atoms with Crippen molar-refractivity contribution in [3.05, 3.63) is 113 Å². The molecule has 0 aliphatic heterocycles. The van der Waals surface area contributed by atoms with E-state index >= 15 is 0 Å². The summed E-state index contributed by atoms with van der Waals surface area (Å²) in [6.45, 7) is 7.21. The van der Waals surface area contributed by atoms with Crippen molar-refractivity contribution in [3.63, 3.8) is 0 Å². The number of aliphatic hydroxyl groups is 1. The van der Waals surface area contributed by atoms with Crippen LogP contribution in [0.25, 0.3) is 0 Å². The number of rotatable bonds is 18. The van der Waals surface area contributed by atoms with Crippen molar-refractivity contribution in [1.82, 2.24) is 20.5 Å². The van der Waals surface area contributed by atoms with Crippen LogP contribution in [-0.2, 0) is 29.4 Å². The normalized spacial score (nSPS) is 12.7. The van der Waals surface area contributed by atoms with Gasteiger partial charge in [0, 0.05) is 43.4 Å². The minimum atomic E-state index is -4.27. The van der Waals surface area contributed by atoms with Crippen LogP contribution in [0, 0.1) is 11.6 Å². The number of aliphatic hydroxyl groups excluding tert-OH is 1. The van der Waals surface area contributed by atoms with Gasteiger partial charge in [-0.3, -0.25) is 14.3 Å². The molecule has 50 heavy (non-hydrogen) atoms. The molecule has 0 aliphatic rings. The van der Waals surface area contributed by atoms with Crippen LogP contribution in [0.4, 0.5) is 14.5 Å². The van der Waals surface area contributed by atoms with Crippen LogP contribution < -0.4 is 15.4 Å². The van der Waals surface area contributed by atoms with E-state index in [2.05, 4.69) is 20.3 Å². The molecule has 14 heteroatoms. The van der Waals surface area contributed by atoms with Crippen LogP contribution in [0.15, 0.2) is 82.8 Å². The van der Waals surface area contributed by atoms with Gasteiger partial charge in [-0.05, 0) is 72.7 Å². The number of anilines is 1. The van der Waals surface area contributed by atoms with E-state index in [1.54, 1.807) is 4.90 Å². The summed E-state index contributed by atoms with van der Waals surface area (Å²) in [5.41, 5.74) is 2.21. The minimum absolute atomic E-state index is 0.0167. The van der Waals surface area contributed by atoms with Crippen LogP contribution in [0.3, 0.4) is 0 Å². The number of sulfonamides is 1. The predicted molar refractivity (Wildman–Crippen MR) is 185 cm³/mol. The standard InChI is InChI=1S/C36H43F2N5O6S/c1-4-10-43(11-5-2)36(46)28-16-27(17-31(18-28)42-50(47,48)34-22-40-23-49-34)35(45)41-32(15-26-13-29(37)19-30(38)14-26)33(44)21-39-20-25-9-7-8-24(6-3)12-25/h7-9,12-14,16-19,22-23,32-33,39,42,44H,4-6,10-11,15,20-21H2,1-3H3,(H,41,45)/t32-,33+/m0/s1. The van der Waals surface area contributed by atoms with Crippen LogP contribution in [0.1, 0.15) is 71.0 Å². The van der Waals surface area contributed by atoms with Crippen LogP contribution in [0.2, 0.25) is 0 Å². The zero-order valence-corrected chi connectivity index (χ0v) is 29.1. The first-order valence-electron chi connectivity index (χ1n) is 16.5. The average Bonchev–Trinajstić information content (AvgIpc) is 3.63. The Bertz CT molecular complexity index is 1830. The number of carbonyl (C=O) groups is 2. The summed E-state index contributed by atoms with van der Waals surface area (Å²) in [4.78, 5) is 32.7. The number of benzene rings is 3. The van der Waals surface area contributed by atoms with Gasteiger partial charge < -0.3 is 25.1 Å².